The molecule has 86 valence electrons. The molecule has 0 radical (unpaired) electrons. The standard InChI is InChI=1S/C11H17NO2.ClH/c1-2-9-14-12-8-7-10-3-5-11(13)6-4-10;/h3-6,12-13H,2,7-9H2,1H3;1H. The molecule has 15 heavy (non-hydrogen) atoms. The molecule has 0 amide bonds. The molecular weight excluding hydrogens is 214 g/mol. The van der Waals surface area contributed by atoms with Crippen LogP contribution in [0.15, 0.2) is 24.3 Å². The van der Waals surface area contributed by atoms with E-state index >= 15 is 0 Å². The first-order valence-corrected chi connectivity index (χ1v) is 4.95. The third-order valence-corrected chi connectivity index (χ3v) is 1.86. The van der Waals surface area contributed by atoms with E-state index in [2.05, 4.69) is 12.4 Å². The Balaban J connectivity index is 0.00000196. The van der Waals surface area contributed by atoms with Gasteiger partial charge in [0.15, 0.2) is 0 Å². The highest BCUT2D eigenvalue weighted by Gasteiger charge is 1.93. The number of hydrogen-bond donors (Lipinski definition) is 2. The van der Waals surface area contributed by atoms with E-state index in [1.807, 2.05) is 12.1 Å². The molecule has 0 aliphatic rings. The molecule has 0 unspecified atom stereocenters. The smallest absolute Gasteiger partial charge is 0.115 e. The van der Waals surface area contributed by atoms with Crippen LogP contribution < -0.4 is 5.48 Å². The number of hydroxylamine groups is 1. The average molecular weight is 232 g/mol. The lowest BCUT2D eigenvalue weighted by Crippen LogP contribution is -2.18. The monoisotopic (exact) mass is 231 g/mol. The topological polar surface area (TPSA) is 41.5 Å². The van der Waals surface area contributed by atoms with Crippen molar-refractivity contribution in [1.29, 1.82) is 0 Å². The van der Waals surface area contributed by atoms with Crippen LogP contribution in [0.1, 0.15) is 18.9 Å². The lowest BCUT2D eigenvalue weighted by molar-refractivity contribution is 0.0425. The number of benzene rings is 1. The van der Waals surface area contributed by atoms with Gasteiger partial charge in [0.1, 0.15) is 5.75 Å². The van der Waals surface area contributed by atoms with Gasteiger partial charge < -0.3 is 9.94 Å². The van der Waals surface area contributed by atoms with Crippen molar-refractivity contribution in [2.75, 3.05) is 13.2 Å². The third-order valence-electron chi connectivity index (χ3n) is 1.86. The summed E-state index contributed by atoms with van der Waals surface area (Å²) in [6, 6.07) is 7.22. The van der Waals surface area contributed by atoms with Crippen molar-refractivity contribution in [2.24, 2.45) is 0 Å². The maximum Gasteiger partial charge on any atom is 0.115 e. The fraction of sp³-hybridized carbons (Fsp3) is 0.455. The first-order valence-electron chi connectivity index (χ1n) is 4.95. The summed E-state index contributed by atoms with van der Waals surface area (Å²) in [6.07, 6.45) is 1.93. The highest BCUT2D eigenvalue weighted by molar-refractivity contribution is 5.85. The summed E-state index contributed by atoms with van der Waals surface area (Å²) in [4.78, 5) is 5.13. The Morgan fingerprint density at radius 3 is 2.53 bits per heavy atom. The molecule has 0 heterocycles. The highest BCUT2D eigenvalue weighted by Crippen LogP contribution is 2.09. The Kier molecular flexibility index (Phi) is 8.09. The maximum atomic E-state index is 9.06. The summed E-state index contributed by atoms with van der Waals surface area (Å²) in [6.45, 7) is 3.61. The van der Waals surface area contributed by atoms with E-state index in [0.29, 0.717) is 5.75 Å². The number of halogens is 1. The van der Waals surface area contributed by atoms with Gasteiger partial charge in [-0.2, -0.15) is 0 Å². The van der Waals surface area contributed by atoms with Gasteiger partial charge in [0, 0.05) is 6.54 Å². The van der Waals surface area contributed by atoms with Crippen molar-refractivity contribution < 1.29 is 9.94 Å². The predicted molar refractivity (Wildman–Crippen MR) is 63.3 cm³/mol. The molecule has 1 aromatic carbocycles. The summed E-state index contributed by atoms with van der Waals surface area (Å²) >= 11 is 0. The van der Waals surface area contributed by atoms with Gasteiger partial charge in [0.2, 0.25) is 0 Å². The largest absolute Gasteiger partial charge is 0.508 e. The first kappa shape index (κ1) is 14.2. The fourth-order valence-electron chi connectivity index (χ4n) is 1.10. The van der Waals surface area contributed by atoms with Crippen molar-refractivity contribution in [3.63, 3.8) is 0 Å². The Hall–Kier alpha value is -0.770. The van der Waals surface area contributed by atoms with Gasteiger partial charge >= 0.3 is 0 Å². The van der Waals surface area contributed by atoms with Crippen LogP contribution in [0.25, 0.3) is 0 Å². The van der Waals surface area contributed by atoms with Crippen LogP contribution in [0.3, 0.4) is 0 Å². The minimum Gasteiger partial charge on any atom is -0.508 e. The zero-order chi connectivity index (χ0) is 10.2. The SMILES string of the molecule is CCCONCCc1ccc(O)cc1.Cl. The number of aromatic hydroxyl groups is 1. The fourth-order valence-corrected chi connectivity index (χ4v) is 1.10. The van der Waals surface area contributed by atoms with Gasteiger partial charge in [0.05, 0.1) is 6.61 Å². The van der Waals surface area contributed by atoms with E-state index in [1.165, 1.54) is 5.56 Å². The van der Waals surface area contributed by atoms with Crippen LogP contribution in [0.5, 0.6) is 5.75 Å². The van der Waals surface area contributed by atoms with Crippen LogP contribution in [-0.2, 0) is 11.3 Å². The number of nitrogens with one attached hydrogen (secondary N) is 1. The molecule has 0 aromatic heterocycles. The lowest BCUT2D eigenvalue weighted by atomic mass is 10.1. The molecule has 0 atom stereocenters. The zero-order valence-electron chi connectivity index (χ0n) is 8.90. The molecule has 4 heteroatoms. The van der Waals surface area contributed by atoms with Gasteiger partial charge in [-0.3, -0.25) is 0 Å². The second kappa shape index (κ2) is 8.53. The summed E-state index contributed by atoms with van der Waals surface area (Å²) in [7, 11) is 0. The minimum atomic E-state index is 0. The summed E-state index contributed by atoms with van der Waals surface area (Å²) < 4.78 is 0. The molecule has 3 nitrogen and oxygen atoms in total. The van der Waals surface area contributed by atoms with Crippen LogP contribution in [0, 0.1) is 0 Å². The minimum absolute atomic E-state index is 0. The highest BCUT2D eigenvalue weighted by atomic mass is 35.5. The van der Waals surface area contributed by atoms with Gasteiger partial charge in [-0.05, 0) is 30.5 Å². The van der Waals surface area contributed by atoms with Crippen LogP contribution in [0.4, 0.5) is 0 Å². The molecule has 0 saturated carbocycles. The van der Waals surface area contributed by atoms with Crippen molar-refractivity contribution in [3.8, 4) is 5.75 Å². The Bertz CT molecular complexity index is 251. The first-order chi connectivity index (χ1) is 6.83. The Morgan fingerprint density at radius 2 is 1.93 bits per heavy atom. The van der Waals surface area contributed by atoms with Gasteiger partial charge in [0.25, 0.3) is 0 Å². The normalized spacial score (nSPS) is 9.67. The van der Waals surface area contributed by atoms with E-state index in [9.17, 15) is 0 Å². The Morgan fingerprint density at radius 1 is 1.27 bits per heavy atom. The number of hydrogen-bond acceptors (Lipinski definition) is 3. The van der Waals surface area contributed by atoms with Crippen molar-refractivity contribution in [3.05, 3.63) is 29.8 Å². The van der Waals surface area contributed by atoms with Crippen molar-refractivity contribution in [2.45, 2.75) is 19.8 Å². The van der Waals surface area contributed by atoms with Crippen molar-refractivity contribution >= 4 is 12.4 Å². The van der Waals surface area contributed by atoms with E-state index in [1.54, 1.807) is 12.1 Å². The molecule has 0 aliphatic heterocycles. The van der Waals surface area contributed by atoms with Crippen LogP contribution >= 0.6 is 12.4 Å². The van der Waals surface area contributed by atoms with Gasteiger partial charge in [-0.1, -0.05) is 19.1 Å². The van der Waals surface area contributed by atoms with Crippen LogP contribution in [-0.4, -0.2) is 18.3 Å². The molecule has 2 N–H and O–H groups in total. The summed E-state index contributed by atoms with van der Waals surface area (Å²) in [5.74, 6) is 0.309. The number of phenols is 1. The van der Waals surface area contributed by atoms with E-state index < -0.39 is 0 Å². The quantitative estimate of drug-likeness (QED) is 0.583. The number of phenolic OH excluding ortho intramolecular Hbond substituents is 1. The summed E-state index contributed by atoms with van der Waals surface area (Å²) in [5.41, 5.74) is 4.08. The predicted octanol–water partition coefficient (Wildman–Crippen LogP) is 2.29. The lowest BCUT2D eigenvalue weighted by Gasteiger charge is -2.04. The molecule has 1 aromatic rings. The van der Waals surface area contributed by atoms with E-state index in [0.717, 1.165) is 26.0 Å². The zero-order valence-corrected chi connectivity index (χ0v) is 9.72. The molecular formula is C11H18ClNO2. The molecule has 0 bridgehead atoms. The number of rotatable bonds is 6. The Labute approximate surface area is 96.8 Å². The van der Waals surface area contributed by atoms with E-state index in [4.69, 9.17) is 9.94 Å². The molecule has 0 aliphatic carbocycles. The third kappa shape index (κ3) is 6.33. The second-order valence-corrected chi connectivity index (χ2v) is 3.16. The van der Waals surface area contributed by atoms with E-state index in [-0.39, 0.29) is 12.4 Å². The second-order valence-electron chi connectivity index (χ2n) is 3.16. The van der Waals surface area contributed by atoms with Crippen molar-refractivity contribution in [1.82, 2.24) is 5.48 Å². The van der Waals surface area contributed by atoms with Gasteiger partial charge in [-0.15, -0.1) is 12.4 Å². The van der Waals surface area contributed by atoms with Crippen LogP contribution in [0.2, 0.25) is 0 Å². The molecule has 1 rings (SSSR count). The average Bonchev–Trinajstić information content (AvgIpc) is 2.21. The molecule has 0 saturated heterocycles. The maximum absolute atomic E-state index is 9.06. The summed E-state index contributed by atoms with van der Waals surface area (Å²) in [5, 5.41) is 9.06. The van der Waals surface area contributed by atoms with Gasteiger partial charge in [-0.25, -0.2) is 5.48 Å². The molecule has 0 fully saturated rings. The molecule has 0 spiro atoms.